The lowest BCUT2D eigenvalue weighted by molar-refractivity contribution is 0.102. The van der Waals surface area contributed by atoms with E-state index in [0.29, 0.717) is 27.7 Å². The van der Waals surface area contributed by atoms with Crippen molar-refractivity contribution in [2.75, 3.05) is 10.0 Å². The highest BCUT2D eigenvalue weighted by Gasteiger charge is 2.23. The van der Waals surface area contributed by atoms with Gasteiger partial charge in [0.05, 0.1) is 9.92 Å². The Kier molecular flexibility index (Phi) is 5.89. The quantitative estimate of drug-likeness (QED) is 0.434. The number of benzene rings is 2. The number of rotatable bonds is 6. The van der Waals surface area contributed by atoms with Gasteiger partial charge < -0.3 is 9.84 Å². The molecule has 0 aliphatic heterocycles. The molecular formula is C21H16ClN5O4S. The number of hydrogen-bond acceptors (Lipinski definition) is 7. The average molecular weight is 470 g/mol. The number of carbonyl (C=O) groups is 1. The molecule has 2 aromatic heterocycles. The first-order valence-corrected chi connectivity index (χ1v) is 11.1. The molecule has 0 atom stereocenters. The molecule has 0 unspecified atom stereocenters. The molecule has 0 saturated carbocycles. The first-order valence-electron chi connectivity index (χ1n) is 9.27. The Morgan fingerprint density at radius 3 is 2.38 bits per heavy atom. The van der Waals surface area contributed by atoms with Gasteiger partial charge in [-0.15, -0.1) is 0 Å². The minimum absolute atomic E-state index is 0.0131. The number of nitrogens with zero attached hydrogens (tertiary/aromatic N) is 3. The highest BCUT2D eigenvalue weighted by Crippen LogP contribution is 2.31. The van der Waals surface area contributed by atoms with E-state index in [0.717, 1.165) is 0 Å². The van der Waals surface area contributed by atoms with Gasteiger partial charge in [0, 0.05) is 23.6 Å². The summed E-state index contributed by atoms with van der Waals surface area (Å²) in [5.74, 6) is -0.186. The van der Waals surface area contributed by atoms with Gasteiger partial charge in [0.1, 0.15) is 17.0 Å². The minimum Gasteiger partial charge on any atom is -0.360 e. The number of sulfonamides is 1. The molecule has 0 aliphatic rings. The van der Waals surface area contributed by atoms with E-state index >= 15 is 0 Å². The van der Waals surface area contributed by atoms with E-state index < -0.39 is 15.9 Å². The van der Waals surface area contributed by atoms with Crippen molar-refractivity contribution in [2.45, 2.75) is 11.8 Å². The number of aryl methyl sites for hydroxylation is 1. The van der Waals surface area contributed by atoms with Crippen molar-refractivity contribution >= 4 is 39.2 Å². The third kappa shape index (κ3) is 4.46. The molecular weight excluding hydrogens is 454 g/mol. The molecule has 2 aromatic carbocycles. The highest BCUT2D eigenvalue weighted by molar-refractivity contribution is 7.92. The lowest BCUT2D eigenvalue weighted by atomic mass is 10.1. The fourth-order valence-corrected chi connectivity index (χ4v) is 4.10. The van der Waals surface area contributed by atoms with Gasteiger partial charge in [0.25, 0.3) is 15.9 Å². The van der Waals surface area contributed by atoms with Crippen molar-refractivity contribution in [2.24, 2.45) is 0 Å². The summed E-state index contributed by atoms with van der Waals surface area (Å²) in [4.78, 5) is 20.6. The molecule has 4 rings (SSSR count). The molecule has 162 valence electrons. The van der Waals surface area contributed by atoms with Crippen molar-refractivity contribution < 1.29 is 17.7 Å². The van der Waals surface area contributed by atoms with Crippen molar-refractivity contribution in [1.29, 1.82) is 0 Å². The Hall–Kier alpha value is -3.76. The van der Waals surface area contributed by atoms with Gasteiger partial charge in [-0.25, -0.2) is 23.1 Å². The van der Waals surface area contributed by atoms with Crippen LogP contribution >= 0.6 is 11.6 Å². The molecule has 1 amide bonds. The maximum absolute atomic E-state index is 12.9. The average Bonchev–Trinajstić information content (AvgIpc) is 3.16. The van der Waals surface area contributed by atoms with Crippen LogP contribution in [0.25, 0.3) is 11.3 Å². The SMILES string of the molecule is Cc1onc(-c2ccccc2Cl)c1C(=O)Nc1ccc(S(=O)(=O)Nc2ncccn2)cc1. The van der Waals surface area contributed by atoms with Gasteiger partial charge >= 0.3 is 0 Å². The molecule has 9 nitrogen and oxygen atoms in total. The number of nitrogens with one attached hydrogen (secondary N) is 2. The number of amides is 1. The summed E-state index contributed by atoms with van der Waals surface area (Å²) < 4.78 is 32.5. The van der Waals surface area contributed by atoms with Crippen LogP contribution in [0.3, 0.4) is 0 Å². The minimum atomic E-state index is -3.88. The van der Waals surface area contributed by atoms with Gasteiger partial charge in [-0.05, 0) is 43.3 Å². The molecule has 2 heterocycles. The number of anilines is 2. The topological polar surface area (TPSA) is 127 Å². The summed E-state index contributed by atoms with van der Waals surface area (Å²) in [5, 5.41) is 7.13. The predicted octanol–water partition coefficient (Wildman–Crippen LogP) is 4.15. The standard InChI is InChI=1S/C21H16ClN5O4S/c1-13-18(19(26-31-13)16-5-2-3-6-17(16)22)20(28)25-14-7-9-15(10-8-14)32(29,30)27-21-23-11-4-12-24-21/h2-12H,1H3,(H,25,28)(H,23,24,27). The zero-order chi connectivity index (χ0) is 22.7. The van der Waals surface area contributed by atoms with Crippen LogP contribution in [0.1, 0.15) is 16.1 Å². The van der Waals surface area contributed by atoms with Crippen molar-refractivity contribution in [1.82, 2.24) is 15.1 Å². The third-order valence-electron chi connectivity index (χ3n) is 4.43. The molecule has 0 radical (unpaired) electrons. The fraction of sp³-hybridized carbons (Fsp3) is 0.0476. The number of hydrogen-bond donors (Lipinski definition) is 2. The zero-order valence-electron chi connectivity index (χ0n) is 16.6. The zero-order valence-corrected chi connectivity index (χ0v) is 18.2. The number of carbonyl (C=O) groups excluding carboxylic acids is 1. The Bertz CT molecular complexity index is 1370. The Morgan fingerprint density at radius 1 is 1.00 bits per heavy atom. The lowest BCUT2D eigenvalue weighted by Gasteiger charge is -2.09. The molecule has 0 bridgehead atoms. The summed E-state index contributed by atoms with van der Waals surface area (Å²) in [5.41, 5.74) is 1.50. The lowest BCUT2D eigenvalue weighted by Crippen LogP contribution is -2.16. The van der Waals surface area contributed by atoms with Crippen LogP contribution in [0.4, 0.5) is 11.6 Å². The molecule has 11 heteroatoms. The van der Waals surface area contributed by atoms with E-state index in [9.17, 15) is 13.2 Å². The van der Waals surface area contributed by atoms with Crippen LogP contribution < -0.4 is 10.0 Å². The summed E-state index contributed by atoms with van der Waals surface area (Å²) >= 11 is 6.24. The van der Waals surface area contributed by atoms with E-state index in [1.165, 1.54) is 36.7 Å². The molecule has 2 N–H and O–H groups in total. The summed E-state index contributed by atoms with van der Waals surface area (Å²) in [6.45, 7) is 1.62. The van der Waals surface area contributed by atoms with E-state index in [1.807, 2.05) is 0 Å². The Balaban J connectivity index is 1.54. The molecule has 4 aromatic rings. The highest BCUT2D eigenvalue weighted by atomic mass is 35.5. The summed E-state index contributed by atoms with van der Waals surface area (Å²) in [7, 11) is -3.88. The van der Waals surface area contributed by atoms with Gasteiger partial charge in [0.2, 0.25) is 5.95 Å². The molecule has 0 saturated heterocycles. The number of aromatic nitrogens is 3. The first-order chi connectivity index (χ1) is 15.3. The van der Waals surface area contributed by atoms with E-state index in [2.05, 4.69) is 25.2 Å². The third-order valence-corrected chi connectivity index (χ3v) is 6.11. The van der Waals surface area contributed by atoms with Gasteiger partial charge in [-0.2, -0.15) is 0 Å². The maximum Gasteiger partial charge on any atom is 0.264 e. The molecule has 0 aliphatic carbocycles. The van der Waals surface area contributed by atoms with Gasteiger partial charge in [-0.1, -0.05) is 35.0 Å². The van der Waals surface area contributed by atoms with Crippen molar-refractivity contribution in [3.05, 3.63) is 83.3 Å². The summed E-state index contributed by atoms with van der Waals surface area (Å²) in [6, 6.07) is 14.2. The summed E-state index contributed by atoms with van der Waals surface area (Å²) in [6.07, 6.45) is 2.85. The van der Waals surface area contributed by atoms with Crippen LogP contribution in [0.2, 0.25) is 5.02 Å². The van der Waals surface area contributed by atoms with Crippen LogP contribution in [-0.4, -0.2) is 29.4 Å². The second-order valence-electron chi connectivity index (χ2n) is 6.60. The first kappa shape index (κ1) is 21.5. The van der Waals surface area contributed by atoms with Gasteiger partial charge in [0.15, 0.2) is 0 Å². The second kappa shape index (κ2) is 8.77. The van der Waals surface area contributed by atoms with Gasteiger partial charge in [-0.3, -0.25) is 4.79 Å². The maximum atomic E-state index is 12.9. The Labute approximate surface area is 188 Å². The molecule has 32 heavy (non-hydrogen) atoms. The largest absolute Gasteiger partial charge is 0.360 e. The number of halogens is 1. The van der Waals surface area contributed by atoms with Crippen LogP contribution in [-0.2, 0) is 10.0 Å². The van der Waals surface area contributed by atoms with Crippen LogP contribution in [0.15, 0.2) is 76.4 Å². The van der Waals surface area contributed by atoms with E-state index in [1.54, 1.807) is 37.3 Å². The Morgan fingerprint density at radius 2 is 1.69 bits per heavy atom. The second-order valence-corrected chi connectivity index (χ2v) is 8.69. The van der Waals surface area contributed by atoms with Crippen LogP contribution in [0, 0.1) is 6.92 Å². The smallest absolute Gasteiger partial charge is 0.264 e. The van der Waals surface area contributed by atoms with Crippen molar-refractivity contribution in [3.63, 3.8) is 0 Å². The van der Waals surface area contributed by atoms with Crippen LogP contribution in [0.5, 0.6) is 0 Å². The molecule has 0 fully saturated rings. The van der Waals surface area contributed by atoms with E-state index in [4.69, 9.17) is 16.1 Å². The fourth-order valence-electron chi connectivity index (χ4n) is 2.92. The van der Waals surface area contributed by atoms with E-state index in [-0.39, 0.29) is 16.4 Å². The monoisotopic (exact) mass is 469 g/mol. The van der Waals surface area contributed by atoms with Crippen molar-refractivity contribution in [3.8, 4) is 11.3 Å². The normalized spacial score (nSPS) is 11.2. The predicted molar refractivity (Wildman–Crippen MR) is 119 cm³/mol. The molecule has 0 spiro atoms.